The second kappa shape index (κ2) is 7.94. The van der Waals surface area contributed by atoms with Crippen LogP contribution in [-0.4, -0.2) is 22.5 Å². The zero-order chi connectivity index (χ0) is 17.7. The van der Waals surface area contributed by atoms with E-state index in [4.69, 9.17) is 0 Å². The van der Waals surface area contributed by atoms with Crippen molar-refractivity contribution >= 4 is 5.78 Å². The van der Waals surface area contributed by atoms with Crippen molar-refractivity contribution < 1.29 is 9.90 Å². The van der Waals surface area contributed by atoms with Crippen LogP contribution in [0, 0.1) is 0 Å². The molecule has 0 aromatic heterocycles. The summed E-state index contributed by atoms with van der Waals surface area (Å²) in [5.41, 5.74) is 1.31. The lowest BCUT2D eigenvalue weighted by atomic mass is 9.76. The summed E-state index contributed by atoms with van der Waals surface area (Å²) in [7, 11) is 0. The minimum atomic E-state index is -0.567. The molecule has 0 aliphatic carbocycles. The van der Waals surface area contributed by atoms with E-state index in [0.29, 0.717) is 18.9 Å². The molecular formula is C22H27NO2. The van der Waals surface area contributed by atoms with E-state index in [-0.39, 0.29) is 11.3 Å². The van der Waals surface area contributed by atoms with Gasteiger partial charge in [-0.1, -0.05) is 67.1 Å². The molecule has 0 bridgehead atoms. The van der Waals surface area contributed by atoms with Crippen LogP contribution in [0.25, 0.3) is 0 Å². The summed E-state index contributed by atoms with van der Waals surface area (Å²) in [5, 5.41) is 14.4. The number of rotatable bonds is 6. The Labute approximate surface area is 150 Å². The topological polar surface area (TPSA) is 49.3 Å². The Bertz CT molecular complexity index is 686. The van der Waals surface area contributed by atoms with E-state index in [1.165, 1.54) is 0 Å². The summed E-state index contributed by atoms with van der Waals surface area (Å²) in [6.45, 7) is 2.16. The summed E-state index contributed by atoms with van der Waals surface area (Å²) in [4.78, 5) is 12.8. The molecule has 0 radical (unpaired) electrons. The fraction of sp³-hybridized carbons (Fsp3) is 0.409. The molecule has 0 spiro atoms. The van der Waals surface area contributed by atoms with Crippen LogP contribution in [0.4, 0.5) is 0 Å². The lowest BCUT2D eigenvalue weighted by Crippen LogP contribution is -2.54. The molecule has 3 atom stereocenters. The number of aliphatic hydroxyl groups excluding tert-OH is 1. The van der Waals surface area contributed by atoms with Gasteiger partial charge in [0.15, 0.2) is 5.78 Å². The molecule has 0 saturated carbocycles. The number of piperidine rings is 1. The zero-order valence-electron chi connectivity index (χ0n) is 14.8. The summed E-state index contributed by atoms with van der Waals surface area (Å²) in [6.07, 6.45) is 3.52. The van der Waals surface area contributed by atoms with Gasteiger partial charge in [-0.15, -0.1) is 0 Å². The number of hydrogen-bond donors (Lipinski definition) is 2. The zero-order valence-corrected chi connectivity index (χ0v) is 14.8. The summed E-state index contributed by atoms with van der Waals surface area (Å²) < 4.78 is 0. The van der Waals surface area contributed by atoms with Crippen molar-refractivity contribution in [3.63, 3.8) is 0 Å². The van der Waals surface area contributed by atoms with E-state index in [0.717, 1.165) is 30.4 Å². The van der Waals surface area contributed by atoms with E-state index in [2.05, 4.69) is 12.2 Å². The van der Waals surface area contributed by atoms with Crippen LogP contribution in [0.15, 0.2) is 60.7 Å². The minimum Gasteiger partial charge on any atom is -0.388 e. The fourth-order valence-electron chi connectivity index (χ4n) is 3.98. The van der Waals surface area contributed by atoms with E-state index >= 15 is 0 Å². The number of ketones is 1. The second-order valence-electron chi connectivity index (χ2n) is 7.31. The third-order valence-corrected chi connectivity index (χ3v) is 5.21. The van der Waals surface area contributed by atoms with Gasteiger partial charge >= 0.3 is 0 Å². The van der Waals surface area contributed by atoms with Crippen molar-refractivity contribution in [2.75, 3.05) is 0 Å². The molecule has 1 aliphatic heterocycles. The Morgan fingerprint density at radius 3 is 2.44 bits per heavy atom. The average molecular weight is 337 g/mol. The van der Waals surface area contributed by atoms with Gasteiger partial charge in [-0.05, 0) is 31.7 Å². The minimum absolute atomic E-state index is 0.141. The van der Waals surface area contributed by atoms with Crippen molar-refractivity contribution in [3.8, 4) is 0 Å². The maximum absolute atomic E-state index is 12.8. The van der Waals surface area contributed by atoms with Gasteiger partial charge in [0.2, 0.25) is 0 Å². The second-order valence-corrected chi connectivity index (χ2v) is 7.31. The monoisotopic (exact) mass is 337 g/mol. The fourth-order valence-corrected chi connectivity index (χ4v) is 3.98. The van der Waals surface area contributed by atoms with Crippen LogP contribution < -0.4 is 5.32 Å². The van der Waals surface area contributed by atoms with Gasteiger partial charge in [0.1, 0.15) is 0 Å². The first-order valence-corrected chi connectivity index (χ1v) is 9.17. The lowest BCUT2D eigenvalue weighted by Gasteiger charge is -2.42. The average Bonchev–Trinajstić information content (AvgIpc) is 2.63. The Morgan fingerprint density at radius 2 is 1.80 bits per heavy atom. The van der Waals surface area contributed by atoms with Gasteiger partial charge in [-0.25, -0.2) is 0 Å². The smallest absolute Gasteiger partial charge is 0.164 e. The predicted octanol–water partition coefficient (Wildman–Crippen LogP) is 4.28. The molecule has 25 heavy (non-hydrogen) atoms. The predicted molar refractivity (Wildman–Crippen MR) is 101 cm³/mol. The maximum atomic E-state index is 12.8. The number of carbonyl (C=O) groups excluding carboxylic acids is 1. The largest absolute Gasteiger partial charge is 0.388 e. The van der Waals surface area contributed by atoms with Crippen LogP contribution in [-0.2, 0) is 0 Å². The summed E-state index contributed by atoms with van der Waals surface area (Å²) >= 11 is 0. The highest BCUT2D eigenvalue weighted by Crippen LogP contribution is 2.35. The van der Waals surface area contributed by atoms with E-state index in [9.17, 15) is 9.90 Å². The first-order chi connectivity index (χ1) is 12.1. The molecule has 1 fully saturated rings. The molecule has 0 unspecified atom stereocenters. The lowest BCUT2D eigenvalue weighted by molar-refractivity contribution is 0.0723. The molecule has 3 nitrogen and oxygen atoms in total. The Kier molecular flexibility index (Phi) is 5.67. The van der Waals surface area contributed by atoms with Gasteiger partial charge < -0.3 is 10.4 Å². The normalized spacial score (nSPS) is 24.6. The molecule has 1 saturated heterocycles. The number of nitrogens with one attached hydrogen (secondary N) is 1. The van der Waals surface area contributed by atoms with Crippen LogP contribution in [0.2, 0.25) is 0 Å². The molecule has 1 aliphatic rings. The standard InChI is InChI=1S/C22H27NO2/c1-17-9-8-14-22(23-17,15-20(24)18-10-4-2-5-11-18)16-21(25)19-12-6-3-7-13-19/h2-7,10-13,17,20,23-24H,8-9,14-16H2,1H3/t17-,20-,22-/m0/s1. The first-order valence-electron chi connectivity index (χ1n) is 9.17. The first kappa shape index (κ1) is 17.8. The van der Waals surface area contributed by atoms with Gasteiger partial charge in [0, 0.05) is 23.6 Å². The molecule has 132 valence electrons. The van der Waals surface area contributed by atoms with Crippen molar-refractivity contribution in [2.45, 2.75) is 56.7 Å². The number of carbonyl (C=O) groups is 1. The number of Topliss-reactive ketones (excluding diaryl/α,β-unsaturated/α-hetero) is 1. The van der Waals surface area contributed by atoms with E-state index < -0.39 is 6.10 Å². The molecule has 2 aromatic rings. The third-order valence-electron chi connectivity index (χ3n) is 5.21. The summed E-state index contributed by atoms with van der Waals surface area (Å²) in [5.74, 6) is 0.141. The molecule has 1 heterocycles. The van der Waals surface area contributed by atoms with Crippen LogP contribution in [0.5, 0.6) is 0 Å². The quantitative estimate of drug-likeness (QED) is 0.773. The molecule has 2 aromatic carbocycles. The van der Waals surface area contributed by atoms with Crippen molar-refractivity contribution in [2.24, 2.45) is 0 Å². The van der Waals surface area contributed by atoms with Crippen LogP contribution in [0.1, 0.15) is 61.1 Å². The Hall–Kier alpha value is -1.97. The molecule has 3 rings (SSSR count). The van der Waals surface area contributed by atoms with Crippen LogP contribution in [0.3, 0.4) is 0 Å². The van der Waals surface area contributed by atoms with E-state index in [1.54, 1.807) is 0 Å². The van der Waals surface area contributed by atoms with Gasteiger partial charge in [0.25, 0.3) is 0 Å². The molecular weight excluding hydrogens is 310 g/mol. The van der Waals surface area contributed by atoms with Gasteiger partial charge in [-0.2, -0.15) is 0 Å². The van der Waals surface area contributed by atoms with Gasteiger partial charge in [0.05, 0.1) is 6.10 Å². The summed E-state index contributed by atoms with van der Waals surface area (Å²) in [6, 6.07) is 19.6. The highest BCUT2D eigenvalue weighted by atomic mass is 16.3. The highest BCUT2D eigenvalue weighted by molar-refractivity contribution is 5.96. The Morgan fingerprint density at radius 1 is 1.16 bits per heavy atom. The molecule has 2 N–H and O–H groups in total. The number of aliphatic hydroxyl groups is 1. The number of hydrogen-bond acceptors (Lipinski definition) is 3. The van der Waals surface area contributed by atoms with Crippen molar-refractivity contribution in [3.05, 3.63) is 71.8 Å². The van der Waals surface area contributed by atoms with Crippen molar-refractivity contribution in [1.82, 2.24) is 5.32 Å². The van der Waals surface area contributed by atoms with E-state index in [1.807, 2.05) is 60.7 Å². The molecule has 0 amide bonds. The number of benzene rings is 2. The van der Waals surface area contributed by atoms with Gasteiger partial charge in [-0.3, -0.25) is 4.79 Å². The third kappa shape index (κ3) is 4.56. The maximum Gasteiger partial charge on any atom is 0.164 e. The van der Waals surface area contributed by atoms with Crippen molar-refractivity contribution in [1.29, 1.82) is 0 Å². The SMILES string of the molecule is C[C@H]1CCC[C@@](CC(=O)c2ccccc2)(C[C@H](O)c2ccccc2)N1. The molecule has 3 heteroatoms. The Balaban J connectivity index is 1.79. The highest BCUT2D eigenvalue weighted by Gasteiger charge is 2.38. The van der Waals surface area contributed by atoms with Crippen LogP contribution >= 0.6 is 0 Å².